The molecule has 0 saturated heterocycles. The van der Waals surface area contributed by atoms with Crippen LogP contribution in [-0.2, 0) is 14.8 Å². The Morgan fingerprint density at radius 1 is 1.19 bits per heavy atom. The topological polar surface area (TPSA) is 75.7 Å². The average molecular weight is 392 g/mol. The van der Waals surface area contributed by atoms with E-state index in [2.05, 4.69) is 4.72 Å². The second-order valence-electron chi connectivity index (χ2n) is 5.65. The summed E-state index contributed by atoms with van der Waals surface area (Å²) in [5.41, 5.74) is 0.689. The largest absolute Gasteiger partial charge is 0.489 e. The molecule has 0 aliphatic heterocycles. The van der Waals surface area contributed by atoms with Gasteiger partial charge < -0.3 is 9.64 Å². The first-order valence-corrected chi connectivity index (χ1v) is 9.66. The summed E-state index contributed by atoms with van der Waals surface area (Å²) in [6.07, 6.45) is 2.97. The number of ether oxygens (including phenoxy) is 1. The SMILES string of the molecule is CNS(=O)(=O)c1ccc(/C=C/C(=O)N(C)CCOc2ccccc2F)cc1. The lowest BCUT2D eigenvalue weighted by molar-refractivity contribution is -0.125. The summed E-state index contributed by atoms with van der Waals surface area (Å²) < 4.78 is 44.3. The van der Waals surface area contributed by atoms with Crippen molar-refractivity contribution in [3.63, 3.8) is 0 Å². The molecule has 0 aliphatic carbocycles. The van der Waals surface area contributed by atoms with Gasteiger partial charge in [0.2, 0.25) is 15.9 Å². The predicted molar refractivity (Wildman–Crippen MR) is 101 cm³/mol. The second kappa shape index (κ2) is 9.29. The molecule has 0 spiro atoms. The first-order chi connectivity index (χ1) is 12.8. The van der Waals surface area contributed by atoms with Crippen LogP contribution < -0.4 is 9.46 Å². The van der Waals surface area contributed by atoms with Crippen molar-refractivity contribution < 1.29 is 22.3 Å². The third-order valence-corrected chi connectivity index (χ3v) is 5.20. The predicted octanol–water partition coefficient (Wildman–Crippen LogP) is 2.28. The van der Waals surface area contributed by atoms with E-state index in [4.69, 9.17) is 4.74 Å². The molecular weight excluding hydrogens is 371 g/mol. The molecule has 0 saturated carbocycles. The zero-order valence-corrected chi connectivity index (χ0v) is 15.9. The van der Waals surface area contributed by atoms with Gasteiger partial charge in [-0.25, -0.2) is 17.5 Å². The molecule has 2 rings (SSSR count). The molecule has 0 heterocycles. The van der Waals surface area contributed by atoms with Crippen molar-refractivity contribution in [3.05, 3.63) is 66.0 Å². The molecule has 0 fully saturated rings. The molecule has 2 aromatic rings. The van der Waals surface area contributed by atoms with Crippen molar-refractivity contribution >= 4 is 22.0 Å². The number of hydrogen-bond acceptors (Lipinski definition) is 4. The molecule has 1 N–H and O–H groups in total. The lowest BCUT2D eigenvalue weighted by Gasteiger charge is -2.15. The number of para-hydroxylation sites is 1. The smallest absolute Gasteiger partial charge is 0.246 e. The quantitative estimate of drug-likeness (QED) is 0.700. The lowest BCUT2D eigenvalue weighted by atomic mass is 10.2. The normalized spacial score (nSPS) is 11.5. The number of hydrogen-bond donors (Lipinski definition) is 1. The minimum absolute atomic E-state index is 0.144. The number of amides is 1. The van der Waals surface area contributed by atoms with Crippen molar-refractivity contribution in [2.45, 2.75) is 4.90 Å². The summed E-state index contributed by atoms with van der Waals surface area (Å²) in [6.45, 7) is 0.449. The van der Waals surface area contributed by atoms with E-state index in [1.54, 1.807) is 37.4 Å². The Balaban J connectivity index is 1.87. The molecule has 2 aromatic carbocycles. The number of carbonyl (C=O) groups excluding carboxylic acids is 1. The van der Waals surface area contributed by atoms with Gasteiger partial charge >= 0.3 is 0 Å². The van der Waals surface area contributed by atoms with Crippen LogP contribution >= 0.6 is 0 Å². The fourth-order valence-corrected chi connectivity index (χ4v) is 2.87. The molecule has 144 valence electrons. The van der Waals surface area contributed by atoms with Gasteiger partial charge in [0.25, 0.3) is 0 Å². The van der Waals surface area contributed by atoms with E-state index in [0.29, 0.717) is 5.56 Å². The Morgan fingerprint density at radius 2 is 1.85 bits per heavy atom. The molecule has 0 bridgehead atoms. The standard InChI is InChI=1S/C19H21FN2O4S/c1-21-27(24,25)16-10-7-15(8-11-16)9-12-19(23)22(2)13-14-26-18-6-4-3-5-17(18)20/h3-12,21H,13-14H2,1-2H3/b12-9+. The van der Waals surface area contributed by atoms with Gasteiger partial charge in [0.15, 0.2) is 11.6 Å². The van der Waals surface area contributed by atoms with Crippen molar-refractivity contribution in [2.75, 3.05) is 27.2 Å². The fourth-order valence-electron chi connectivity index (χ4n) is 2.14. The monoisotopic (exact) mass is 392 g/mol. The van der Waals surface area contributed by atoms with Crippen molar-refractivity contribution in [2.24, 2.45) is 0 Å². The maximum Gasteiger partial charge on any atom is 0.246 e. The minimum Gasteiger partial charge on any atom is -0.489 e. The summed E-state index contributed by atoms with van der Waals surface area (Å²) in [6, 6.07) is 12.2. The lowest BCUT2D eigenvalue weighted by Crippen LogP contribution is -2.29. The van der Waals surface area contributed by atoms with Gasteiger partial charge in [-0.05, 0) is 43.0 Å². The van der Waals surface area contributed by atoms with Crippen molar-refractivity contribution in [1.82, 2.24) is 9.62 Å². The third-order valence-electron chi connectivity index (χ3n) is 3.77. The molecule has 0 aromatic heterocycles. The van der Waals surface area contributed by atoms with Crippen molar-refractivity contribution in [1.29, 1.82) is 0 Å². The Morgan fingerprint density at radius 3 is 2.48 bits per heavy atom. The van der Waals surface area contributed by atoms with Gasteiger partial charge in [0.1, 0.15) is 6.61 Å². The zero-order valence-electron chi connectivity index (χ0n) is 15.1. The highest BCUT2D eigenvalue weighted by atomic mass is 32.2. The van der Waals surface area contributed by atoms with Crippen LogP contribution in [0.25, 0.3) is 6.08 Å². The van der Waals surface area contributed by atoms with Crippen LogP contribution in [0, 0.1) is 5.82 Å². The number of benzene rings is 2. The van der Waals surface area contributed by atoms with Crippen LogP contribution in [0.5, 0.6) is 5.75 Å². The van der Waals surface area contributed by atoms with Crippen LogP contribution in [-0.4, -0.2) is 46.5 Å². The van der Waals surface area contributed by atoms with Gasteiger partial charge in [0.05, 0.1) is 11.4 Å². The molecule has 0 atom stereocenters. The number of rotatable bonds is 8. The highest BCUT2D eigenvalue weighted by Crippen LogP contribution is 2.15. The van der Waals surface area contributed by atoms with Gasteiger partial charge in [-0.3, -0.25) is 4.79 Å². The zero-order chi connectivity index (χ0) is 19.9. The maximum absolute atomic E-state index is 13.4. The fraction of sp³-hybridized carbons (Fsp3) is 0.211. The van der Waals surface area contributed by atoms with E-state index >= 15 is 0 Å². The molecule has 0 aliphatic rings. The van der Waals surface area contributed by atoms with Gasteiger partial charge in [-0.2, -0.15) is 0 Å². The Kier molecular flexibility index (Phi) is 7.09. The van der Waals surface area contributed by atoms with Gasteiger partial charge in [-0.15, -0.1) is 0 Å². The highest BCUT2D eigenvalue weighted by Gasteiger charge is 2.10. The number of carbonyl (C=O) groups is 1. The summed E-state index contributed by atoms with van der Waals surface area (Å²) in [7, 11) is -0.534. The Hall–Kier alpha value is -2.71. The molecule has 0 unspecified atom stereocenters. The van der Waals surface area contributed by atoms with E-state index in [1.165, 1.54) is 42.3 Å². The second-order valence-corrected chi connectivity index (χ2v) is 7.54. The van der Waals surface area contributed by atoms with E-state index in [9.17, 15) is 17.6 Å². The number of likely N-dealkylation sites (N-methyl/N-ethyl adjacent to an activating group) is 1. The summed E-state index contributed by atoms with van der Waals surface area (Å²) in [5, 5.41) is 0. The Labute approximate surface area is 158 Å². The van der Waals surface area contributed by atoms with Gasteiger partial charge in [-0.1, -0.05) is 24.3 Å². The van der Waals surface area contributed by atoms with Crippen LogP contribution in [0.4, 0.5) is 4.39 Å². The first kappa shape index (κ1) is 20.6. The van der Waals surface area contributed by atoms with Crippen LogP contribution in [0.3, 0.4) is 0 Å². The van der Waals surface area contributed by atoms with Crippen LogP contribution in [0.1, 0.15) is 5.56 Å². The van der Waals surface area contributed by atoms with E-state index in [0.717, 1.165) is 0 Å². The van der Waals surface area contributed by atoms with Gasteiger partial charge in [0, 0.05) is 13.1 Å². The highest BCUT2D eigenvalue weighted by molar-refractivity contribution is 7.89. The van der Waals surface area contributed by atoms with E-state index < -0.39 is 15.8 Å². The van der Waals surface area contributed by atoms with Crippen LogP contribution in [0.2, 0.25) is 0 Å². The van der Waals surface area contributed by atoms with Crippen molar-refractivity contribution in [3.8, 4) is 5.75 Å². The summed E-state index contributed by atoms with van der Waals surface area (Å²) in [5.74, 6) is -0.556. The minimum atomic E-state index is -3.49. The molecule has 27 heavy (non-hydrogen) atoms. The third kappa shape index (κ3) is 5.90. The summed E-state index contributed by atoms with van der Waals surface area (Å²) >= 11 is 0. The Bertz CT molecular complexity index is 912. The molecule has 0 radical (unpaired) electrons. The average Bonchev–Trinajstić information content (AvgIpc) is 2.67. The molecule has 1 amide bonds. The van der Waals surface area contributed by atoms with E-state index in [1.807, 2.05) is 0 Å². The maximum atomic E-state index is 13.4. The summed E-state index contributed by atoms with van der Waals surface area (Å²) in [4.78, 5) is 13.7. The number of sulfonamides is 1. The van der Waals surface area contributed by atoms with E-state index in [-0.39, 0.29) is 29.7 Å². The van der Waals surface area contributed by atoms with Crippen LogP contribution in [0.15, 0.2) is 59.5 Å². The molecular formula is C19H21FN2O4S. The number of nitrogens with zero attached hydrogens (tertiary/aromatic N) is 1. The molecule has 8 heteroatoms. The number of nitrogens with one attached hydrogen (secondary N) is 1. The molecule has 6 nitrogen and oxygen atoms in total. The number of halogens is 1. The first-order valence-electron chi connectivity index (χ1n) is 8.17.